The highest BCUT2D eigenvalue weighted by Gasteiger charge is 2.27. The van der Waals surface area contributed by atoms with Crippen molar-refractivity contribution in [3.63, 3.8) is 0 Å². The number of carbonyl (C=O) groups excluding carboxylic acids is 1. The number of aliphatic hydroxyl groups excluding tert-OH is 1. The fourth-order valence-electron chi connectivity index (χ4n) is 5.67. The van der Waals surface area contributed by atoms with E-state index in [1.54, 1.807) is 11.1 Å². The molecule has 42 heavy (non-hydrogen) atoms. The summed E-state index contributed by atoms with van der Waals surface area (Å²) in [7, 11) is 0. The van der Waals surface area contributed by atoms with Crippen molar-refractivity contribution in [2.24, 2.45) is 0 Å². The van der Waals surface area contributed by atoms with Gasteiger partial charge in [-0.1, -0.05) is 24.3 Å². The Kier molecular flexibility index (Phi) is 8.98. The van der Waals surface area contributed by atoms with Crippen LogP contribution in [0.3, 0.4) is 0 Å². The van der Waals surface area contributed by atoms with Crippen LogP contribution in [0.4, 0.5) is 19.5 Å². The zero-order valence-corrected chi connectivity index (χ0v) is 24.9. The van der Waals surface area contributed by atoms with Crippen LogP contribution in [0.2, 0.25) is 0 Å². The van der Waals surface area contributed by atoms with Crippen LogP contribution in [0.5, 0.6) is 0 Å². The van der Waals surface area contributed by atoms with E-state index in [4.69, 9.17) is 4.74 Å². The lowest BCUT2D eigenvalue weighted by Gasteiger charge is -2.35. The summed E-state index contributed by atoms with van der Waals surface area (Å²) in [6.07, 6.45) is 3.82. The Bertz CT molecular complexity index is 1360. The molecule has 2 fully saturated rings. The van der Waals surface area contributed by atoms with E-state index in [0.717, 1.165) is 61.8 Å². The Balaban J connectivity index is 1.32. The number of halogens is 2. The van der Waals surface area contributed by atoms with Crippen molar-refractivity contribution in [2.45, 2.75) is 90.1 Å². The second kappa shape index (κ2) is 12.5. The number of alkyl halides is 2. The van der Waals surface area contributed by atoms with Crippen molar-refractivity contribution in [3.8, 4) is 11.1 Å². The quantitative estimate of drug-likeness (QED) is 0.368. The molecular formula is C31H42F2N6O3. The molecule has 2 N–H and O–H groups in total. The number of aliphatic hydroxyl groups is 1. The molecule has 1 saturated heterocycles. The first-order valence-electron chi connectivity index (χ1n) is 14.9. The lowest BCUT2D eigenvalue weighted by molar-refractivity contribution is 0.0139. The molecule has 11 heteroatoms. The van der Waals surface area contributed by atoms with Crippen LogP contribution in [0.15, 0.2) is 36.7 Å². The Morgan fingerprint density at radius 1 is 1.10 bits per heavy atom. The van der Waals surface area contributed by atoms with Crippen LogP contribution in [-0.2, 0) is 11.3 Å². The second-order valence-electron chi connectivity index (χ2n) is 12.6. The number of anilines is 1. The number of ether oxygens (including phenoxy) is 1. The lowest BCUT2D eigenvalue weighted by Crippen LogP contribution is -2.49. The normalized spacial score (nSPS) is 21.1. The third-order valence-corrected chi connectivity index (χ3v) is 8.06. The average Bonchev–Trinajstić information content (AvgIpc) is 3.32. The Morgan fingerprint density at radius 2 is 1.76 bits per heavy atom. The fraction of sp³-hybridized carbons (Fsp3) is 0.581. The molecule has 1 aromatic carbocycles. The van der Waals surface area contributed by atoms with E-state index in [0.29, 0.717) is 18.7 Å². The molecule has 1 amide bonds. The zero-order valence-electron chi connectivity index (χ0n) is 24.9. The summed E-state index contributed by atoms with van der Waals surface area (Å²) in [6.45, 7) is 10.7. The van der Waals surface area contributed by atoms with Crippen LogP contribution < -0.4 is 5.32 Å². The Labute approximate surface area is 245 Å². The van der Waals surface area contributed by atoms with Crippen molar-refractivity contribution in [3.05, 3.63) is 42.2 Å². The average molecular weight is 585 g/mol. The maximum atomic E-state index is 13.2. The topological polar surface area (TPSA) is 95.8 Å². The number of carbonyl (C=O) groups is 1. The Hall–Kier alpha value is -3.31. The summed E-state index contributed by atoms with van der Waals surface area (Å²) in [5.74, 6) is 0.180. The highest BCUT2D eigenvalue weighted by Crippen LogP contribution is 2.37. The third-order valence-electron chi connectivity index (χ3n) is 8.06. The smallest absolute Gasteiger partial charge is 0.410 e. The summed E-state index contributed by atoms with van der Waals surface area (Å²) in [4.78, 5) is 25.5. The van der Waals surface area contributed by atoms with Crippen LogP contribution in [0, 0.1) is 0 Å². The first-order valence-corrected chi connectivity index (χ1v) is 14.9. The number of hydrogen-bond acceptors (Lipinski definition) is 7. The molecule has 0 spiro atoms. The lowest BCUT2D eigenvalue weighted by atomic mass is 9.93. The minimum Gasteiger partial charge on any atom is -0.444 e. The molecule has 3 heterocycles. The van der Waals surface area contributed by atoms with Crippen LogP contribution >= 0.6 is 0 Å². The number of piperazine rings is 1. The van der Waals surface area contributed by atoms with E-state index in [1.165, 1.54) is 12.5 Å². The third kappa shape index (κ3) is 7.18. The number of rotatable bonds is 7. The predicted molar refractivity (Wildman–Crippen MR) is 159 cm³/mol. The fourth-order valence-corrected chi connectivity index (χ4v) is 5.67. The monoisotopic (exact) mass is 584 g/mol. The minimum absolute atomic E-state index is 0.165. The van der Waals surface area contributed by atoms with Crippen LogP contribution in [0.25, 0.3) is 22.2 Å². The summed E-state index contributed by atoms with van der Waals surface area (Å²) in [5, 5.41) is 13.6. The van der Waals surface area contributed by atoms with Crippen LogP contribution in [-0.4, -0.2) is 85.9 Å². The van der Waals surface area contributed by atoms with Crippen molar-refractivity contribution >= 4 is 23.1 Å². The number of amides is 1. The van der Waals surface area contributed by atoms with Gasteiger partial charge in [0.25, 0.3) is 6.43 Å². The summed E-state index contributed by atoms with van der Waals surface area (Å²) in [6, 6.07) is 7.54. The number of benzene rings is 1. The number of fused-ring (bicyclic) bond motifs is 1. The molecule has 1 aliphatic carbocycles. The zero-order chi connectivity index (χ0) is 30.0. The first kappa shape index (κ1) is 30.2. The first-order chi connectivity index (χ1) is 20.0. The molecule has 228 valence electrons. The van der Waals surface area contributed by atoms with Gasteiger partial charge in [-0.2, -0.15) is 4.98 Å². The van der Waals surface area contributed by atoms with Gasteiger partial charge >= 0.3 is 6.09 Å². The molecule has 1 saturated carbocycles. The van der Waals surface area contributed by atoms with E-state index in [2.05, 4.69) is 55.2 Å². The molecule has 9 nitrogen and oxygen atoms in total. The molecule has 0 unspecified atom stereocenters. The van der Waals surface area contributed by atoms with Crippen molar-refractivity contribution in [2.75, 3.05) is 31.5 Å². The highest BCUT2D eigenvalue weighted by molar-refractivity contribution is 5.94. The van der Waals surface area contributed by atoms with Gasteiger partial charge in [0.1, 0.15) is 11.2 Å². The Morgan fingerprint density at radius 3 is 2.38 bits per heavy atom. The molecule has 0 radical (unpaired) electrons. The van der Waals surface area contributed by atoms with E-state index in [9.17, 15) is 18.7 Å². The van der Waals surface area contributed by atoms with Gasteiger partial charge in [0, 0.05) is 62.1 Å². The predicted octanol–water partition coefficient (Wildman–Crippen LogP) is 5.69. The SMILES string of the molecule is C[C@@H](Nc1ncc2c(-c3ccc(CN4CCN(C(=O)OC(C)(C)C)CC4)cc3)cn([C@H]3CC[C@H](O)CC3)c2n1)C(F)F. The molecule has 1 atom stereocenters. The second-order valence-corrected chi connectivity index (χ2v) is 12.6. The number of aromatic nitrogens is 3. The van der Waals surface area contributed by atoms with Crippen molar-refractivity contribution in [1.29, 1.82) is 0 Å². The largest absolute Gasteiger partial charge is 0.444 e. The van der Waals surface area contributed by atoms with Gasteiger partial charge in [-0.15, -0.1) is 0 Å². The van der Waals surface area contributed by atoms with Gasteiger partial charge < -0.3 is 24.6 Å². The van der Waals surface area contributed by atoms with Crippen LogP contribution in [0.1, 0.15) is 65.0 Å². The van der Waals surface area contributed by atoms with E-state index in [-0.39, 0.29) is 24.2 Å². The van der Waals surface area contributed by atoms with E-state index in [1.807, 2.05) is 20.8 Å². The van der Waals surface area contributed by atoms with E-state index < -0.39 is 18.1 Å². The molecule has 0 bridgehead atoms. The molecule has 3 aromatic rings. The number of nitrogens with zero attached hydrogens (tertiary/aromatic N) is 5. The minimum atomic E-state index is -2.53. The summed E-state index contributed by atoms with van der Waals surface area (Å²) in [5.41, 5.74) is 3.40. The maximum Gasteiger partial charge on any atom is 0.410 e. The summed E-state index contributed by atoms with van der Waals surface area (Å²) < 4.78 is 34.0. The molecule has 1 aliphatic heterocycles. The van der Waals surface area contributed by atoms with Gasteiger partial charge in [0.15, 0.2) is 0 Å². The molecule has 2 aliphatic rings. The van der Waals surface area contributed by atoms with E-state index >= 15 is 0 Å². The molecule has 2 aromatic heterocycles. The standard InChI is InChI=1S/C31H42F2N6O3/c1-20(27(32)33)35-29-34-17-25-26(19-39(28(25)36-29)23-9-11-24(40)12-10-23)22-7-5-21(6-8-22)18-37-13-15-38(16-14-37)30(41)42-31(2,3)4/h5-8,17,19-20,23-24,27,40H,9-16,18H2,1-4H3,(H,34,35,36)/t20-,23-,24-/m1/s1. The number of hydrogen-bond donors (Lipinski definition) is 2. The van der Waals surface area contributed by atoms with Crippen molar-refractivity contribution in [1.82, 2.24) is 24.3 Å². The molecular weight excluding hydrogens is 542 g/mol. The molecule has 5 rings (SSSR count). The van der Waals surface area contributed by atoms with Crippen molar-refractivity contribution < 1.29 is 23.4 Å². The van der Waals surface area contributed by atoms with Gasteiger partial charge in [0.2, 0.25) is 5.95 Å². The maximum absolute atomic E-state index is 13.2. The van der Waals surface area contributed by atoms with Gasteiger partial charge in [-0.25, -0.2) is 18.6 Å². The van der Waals surface area contributed by atoms with Gasteiger partial charge in [-0.05, 0) is 64.5 Å². The van der Waals surface area contributed by atoms with Gasteiger partial charge in [0.05, 0.1) is 12.1 Å². The highest BCUT2D eigenvalue weighted by atomic mass is 19.3. The number of nitrogens with one attached hydrogen (secondary N) is 1. The summed E-state index contributed by atoms with van der Waals surface area (Å²) >= 11 is 0. The van der Waals surface area contributed by atoms with Gasteiger partial charge in [-0.3, -0.25) is 4.90 Å².